The standard InChI is InChI=1S/C18H31BrO6.C7H13BrO5.C7H14O6.C5H8O/c1-12-13(11-19)23-18(20-2)17(25-15-8-4-6-10-22-15)16(12)24-14-7-3-5-9-21-14;2*1-12-7-6(11)5(10)4(9)3(2-8)13-7;1-2-4-6-5-3-1/h12-18H,3-11H2,1-2H3;3-7,9-11H,2H2,1H3;3-11H,2H2,1H3;2,4H,1,3,5H2/p+1/t12-,13?,14?,15?,16+,17-,18?;2*3?,4-,5+,6-,7?;/m111./s1. The summed E-state index contributed by atoms with van der Waals surface area (Å²) in [5.41, 5.74) is 0. The highest BCUT2D eigenvalue weighted by atomic mass is 79.9. The lowest BCUT2D eigenvalue weighted by molar-refractivity contribution is -0.340. The average Bonchev–Trinajstić information content (AvgIpc) is 3.25. The molecule has 8 unspecified atom stereocenters. The Balaban J connectivity index is 0.000000297. The number of aliphatic hydroxyl groups excluding tert-OH is 7. The Kier molecular flexibility index (Phi) is 24.9. The minimum Gasteiger partial charge on any atom is -0.502 e. The van der Waals surface area contributed by atoms with Gasteiger partial charge in [0.25, 0.3) is 0 Å². The van der Waals surface area contributed by atoms with E-state index in [0.29, 0.717) is 5.33 Å². The first-order valence-corrected chi connectivity index (χ1v) is 21.9. The molecule has 0 aliphatic carbocycles. The van der Waals surface area contributed by atoms with E-state index in [9.17, 15) is 30.6 Å². The van der Waals surface area contributed by atoms with Gasteiger partial charge in [0.2, 0.25) is 0 Å². The summed E-state index contributed by atoms with van der Waals surface area (Å²) in [5.74, 6) is 0.157. The highest BCUT2D eigenvalue weighted by Crippen LogP contribution is 2.35. The van der Waals surface area contributed by atoms with E-state index >= 15 is 0 Å². The Labute approximate surface area is 353 Å². The molecule has 6 rings (SSSR count). The summed E-state index contributed by atoms with van der Waals surface area (Å²) in [6, 6.07) is 0. The van der Waals surface area contributed by atoms with Gasteiger partial charge in [-0.25, -0.2) is 0 Å². The number of halogens is 2. The highest BCUT2D eigenvalue weighted by molar-refractivity contribution is 9.09. The molecule has 57 heavy (non-hydrogen) atoms. The number of rotatable bonds is 10. The molecular weight excluding hydrogens is 892 g/mol. The smallest absolute Gasteiger partial charge is 0.502 e. The number of aliphatic hydroxyl groups is 7. The normalized spacial score (nSPS) is 42.2. The fourth-order valence-electron chi connectivity index (χ4n) is 6.73. The van der Waals surface area contributed by atoms with Crippen molar-refractivity contribution in [3.05, 3.63) is 12.3 Å². The Bertz CT molecular complexity index is 997. The Morgan fingerprint density at radius 1 is 0.596 bits per heavy atom. The summed E-state index contributed by atoms with van der Waals surface area (Å²) < 4.78 is 60.4. The largest absolute Gasteiger partial charge is 1.00 e. The zero-order valence-corrected chi connectivity index (χ0v) is 36.4. The molecule has 336 valence electrons. The molecule has 7 N–H and O–H groups in total. The predicted molar refractivity (Wildman–Crippen MR) is 209 cm³/mol. The monoisotopic (exact) mass is 957 g/mol. The lowest BCUT2D eigenvalue weighted by Crippen LogP contribution is -2.58. The van der Waals surface area contributed by atoms with E-state index in [1.807, 2.05) is 6.08 Å². The van der Waals surface area contributed by atoms with E-state index < -0.39 is 74.3 Å². The van der Waals surface area contributed by atoms with Crippen LogP contribution in [0.15, 0.2) is 12.3 Å². The van der Waals surface area contributed by atoms with Crippen LogP contribution in [0.25, 0.3) is 0 Å². The van der Waals surface area contributed by atoms with Gasteiger partial charge >= 0.3 is 1.43 Å². The van der Waals surface area contributed by atoms with Crippen molar-refractivity contribution in [2.45, 2.75) is 157 Å². The molecule has 6 aliphatic rings. The third-order valence-corrected chi connectivity index (χ3v) is 11.5. The minimum atomic E-state index is -1.36. The fraction of sp³-hybridized carbons (Fsp3) is 0.946. The van der Waals surface area contributed by atoms with Crippen LogP contribution < -0.4 is 0 Å². The van der Waals surface area contributed by atoms with Crippen LogP contribution in [-0.4, -0.2) is 193 Å². The van der Waals surface area contributed by atoms with Crippen molar-refractivity contribution in [1.29, 1.82) is 0 Å². The highest BCUT2D eigenvalue weighted by Gasteiger charge is 2.48. The molecule has 0 aromatic heterocycles. The van der Waals surface area contributed by atoms with E-state index in [0.717, 1.165) is 63.7 Å². The third-order valence-electron chi connectivity index (χ3n) is 10.2. The van der Waals surface area contributed by atoms with Crippen LogP contribution >= 0.6 is 31.9 Å². The summed E-state index contributed by atoms with van der Waals surface area (Å²) in [6.45, 7) is 4.12. The zero-order chi connectivity index (χ0) is 41.9. The second kappa shape index (κ2) is 27.7. The van der Waals surface area contributed by atoms with Gasteiger partial charge in [-0.3, -0.25) is 0 Å². The van der Waals surface area contributed by atoms with Gasteiger partial charge < -0.3 is 87.9 Å². The van der Waals surface area contributed by atoms with Crippen LogP contribution in [0.3, 0.4) is 0 Å². The van der Waals surface area contributed by atoms with Gasteiger partial charge in [-0.05, 0) is 57.4 Å². The summed E-state index contributed by atoms with van der Waals surface area (Å²) in [7, 11) is 4.31. The van der Waals surface area contributed by atoms with Gasteiger partial charge in [-0.2, -0.15) is 0 Å². The van der Waals surface area contributed by atoms with Crippen molar-refractivity contribution in [3.8, 4) is 0 Å². The Hall–Kier alpha value is -0.180. The SMILES string of the molecule is C1=COCCC1.COC1OC(CBr)[C@@H](C)[C@H](OC2CCCCO2)[C@H]1OC1CCCCO1.COC1OC(CBr)[C@@H](O)[C@H](O)[C@H]1O.COC1OC(CO)[C@@H](O)[C@H](O)[C@H]1O.[H+]. The summed E-state index contributed by atoms with van der Waals surface area (Å²) in [6.07, 6.45) is 0.204. The summed E-state index contributed by atoms with van der Waals surface area (Å²) in [4.78, 5) is 0. The van der Waals surface area contributed by atoms with Crippen LogP contribution in [0, 0.1) is 5.92 Å². The van der Waals surface area contributed by atoms with Crippen molar-refractivity contribution in [1.82, 2.24) is 0 Å². The zero-order valence-electron chi connectivity index (χ0n) is 34.2. The second-order valence-corrected chi connectivity index (χ2v) is 15.6. The summed E-state index contributed by atoms with van der Waals surface area (Å²) >= 11 is 6.67. The van der Waals surface area contributed by atoms with Crippen LogP contribution in [0.5, 0.6) is 0 Å². The molecule has 6 heterocycles. The van der Waals surface area contributed by atoms with Gasteiger partial charge in [-0.15, -0.1) is 0 Å². The van der Waals surface area contributed by atoms with Crippen LogP contribution in [-0.2, 0) is 52.1 Å². The summed E-state index contributed by atoms with van der Waals surface area (Å²) in [5, 5.41) is 65.8. The lowest BCUT2D eigenvalue weighted by Gasteiger charge is -2.46. The molecular formula is C37H67Br2O18+. The molecule has 18 nitrogen and oxygen atoms in total. The van der Waals surface area contributed by atoms with Crippen LogP contribution in [0.1, 0.15) is 59.7 Å². The van der Waals surface area contributed by atoms with Crippen LogP contribution in [0.2, 0.25) is 0 Å². The number of allylic oxidation sites excluding steroid dienone is 1. The maximum Gasteiger partial charge on any atom is 1.00 e. The maximum atomic E-state index is 9.40. The molecule has 20 heteroatoms. The van der Waals surface area contributed by atoms with Gasteiger partial charge in [0, 0.05) is 51.1 Å². The van der Waals surface area contributed by atoms with Gasteiger partial charge in [-0.1, -0.05) is 38.8 Å². The molecule has 0 amide bonds. The topological polar surface area (TPSA) is 243 Å². The molecule has 5 fully saturated rings. The number of hydrogen-bond donors (Lipinski definition) is 7. The van der Waals surface area contributed by atoms with Crippen molar-refractivity contribution in [2.24, 2.45) is 5.92 Å². The molecule has 6 aliphatic heterocycles. The third kappa shape index (κ3) is 15.6. The predicted octanol–water partition coefficient (Wildman–Crippen LogP) is 0.903. The molecule has 0 radical (unpaired) electrons. The van der Waals surface area contributed by atoms with E-state index in [-0.39, 0.29) is 38.2 Å². The first-order valence-electron chi connectivity index (χ1n) is 19.6. The second-order valence-electron chi connectivity index (χ2n) is 14.3. The van der Waals surface area contributed by atoms with E-state index in [2.05, 4.69) is 38.8 Å². The van der Waals surface area contributed by atoms with Gasteiger partial charge in [0.15, 0.2) is 31.5 Å². The number of hydrogen-bond acceptors (Lipinski definition) is 18. The number of methoxy groups -OCH3 is 3. The minimum absolute atomic E-state index is 0. The average molecular weight is 960 g/mol. The van der Waals surface area contributed by atoms with E-state index in [4.69, 9.17) is 57.2 Å². The van der Waals surface area contributed by atoms with Gasteiger partial charge in [0.1, 0.15) is 48.8 Å². The number of alkyl halides is 2. The van der Waals surface area contributed by atoms with Crippen molar-refractivity contribution >= 4 is 31.9 Å². The molecule has 17 atom stereocenters. The molecule has 0 aromatic carbocycles. The lowest BCUT2D eigenvalue weighted by atomic mass is 9.91. The molecule has 0 spiro atoms. The molecule has 0 aromatic rings. The van der Waals surface area contributed by atoms with Gasteiger partial charge in [0.05, 0.1) is 37.8 Å². The van der Waals surface area contributed by atoms with Crippen molar-refractivity contribution in [3.63, 3.8) is 0 Å². The van der Waals surface area contributed by atoms with Crippen molar-refractivity contribution < 1.29 is 89.3 Å². The van der Waals surface area contributed by atoms with E-state index in [1.54, 1.807) is 13.4 Å². The first-order chi connectivity index (χ1) is 27.4. The molecule has 5 saturated heterocycles. The van der Waals surface area contributed by atoms with Crippen molar-refractivity contribution in [2.75, 3.05) is 58.4 Å². The van der Waals surface area contributed by atoms with Crippen LogP contribution in [0.4, 0.5) is 0 Å². The fourth-order valence-corrected chi connectivity index (χ4v) is 8.00. The number of ether oxygens (including phenoxy) is 11. The quantitative estimate of drug-likeness (QED) is 0.151. The Morgan fingerprint density at radius 2 is 1.09 bits per heavy atom. The Morgan fingerprint density at radius 3 is 1.47 bits per heavy atom. The molecule has 0 bridgehead atoms. The maximum absolute atomic E-state index is 9.40. The first kappa shape index (κ1) is 51.2. The molecule has 0 saturated carbocycles. The van der Waals surface area contributed by atoms with E-state index in [1.165, 1.54) is 27.1 Å².